The zero-order valence-corrected chi connectivity index (χ0v) is 10.7. The van der Waals surface area contributed by atoms with E-state index < -0.39 is 4.92 Å². The molecule has 0 bridgehead atoms. The molecule has 0 saturated heterocycles. The Morgan fingerprint density at radius 1 is 1.16 bits per heavy atom. The molecule has 0 saturated carbocycles. The van der Waals surface area contributed by atoms with Crippen LogP contribution in [0.3, 0.4) is 0 Å². The Kier molecular flexibility index (Phi) is 3.66. The number of hydrogen-bond donors (Lipinski definition) is 1. The molecule has 19 heavy (non-hydrogen) atoms. The zero-order valence-electron chi connectivity index (χ0n) is 10.7. The summed E-state index contributed by atoms with van der Waals surface area (Å²) in [6, 6.07) is 12.1. The molecule has 5 heteroatoms. The number of rotatable bonds is 4. The summed E-state index contributed by atoms with van der Waals surface area (Å²) in [5.41, 5.74) is 2.30. The number of nitrogens with one attached hydrogen (secondary N) is 1. The Morgan fingerprint density at radius 2 is 1.89 bits per heavy atom. The van der Waals surface area contributed by atoms with E-state index in [2.05, 4.69) is 5.32 Å². The fraction of sp³-hybridized carbons (Fsp3) is 0.143. The molecular formula is C14H14N2O3. The molecule has 5 nitrogen and oxygen atoms in total. The maximum absolute atomic E-state index is 10.9. The number of benzene rings is 2. The van der Waals surface area contributed by atoms with Crippen LogP contribution >= 0.6 is 0 Å². The molecule has 0 heterocycles. The van der Waals surface area contributed by atoms with Crippen LogP contribution in [-0.2, 0) is 0 Å². The van der Waals surface area contributed by atoms with Gasteiger partial charge < -0.3 is 10.1 Å². The van der Waals surface area contributed by atoms with E-state index in [0.717, 1.165) is 17.0 Å². The van der Waals surface area contributed by atoms with E-state index in [-0.39, 0.29) is 5.69 Å². The average molecular weight is 258 g/mol. The molecule has 0 spiro atoms. The van der Waals surface area contributed by atoms with Gasteiger partial charge in [-0.2, -0.15) is 0 Å². The van der Waals surface area contributed by atoms with Gasteiger partial charge in [-0.1, -0.05) is 12.1 Å². The number of hydrogen-bond acceptors (Lipinski definition) is 4. The molecule has 0 fully saturated rings. The van der Waals surface area contributed by atoms with Gasteiger partial charge in [-0.3, -0.25) is 10.1 Å². The van der Waals surface area contributed by atoms with Crippen LogP contribution in [0.25, 0.3) is 0 Å². The summed E-state index contributed by atoms with van der Waals surface area (Å²) in [7, 11) is 1.60. The molecule has 2 aromatic rings. The smallest absolute Gasteiger partial charge is 0.292 e. The molecule has 2 rings (SSSR count). The predicted molar refractivity (Wildman–Crippen MR) is 74.1 cm³/mol. The number of nitro benzene ring substituents is 1. The van der Waals surface area contributed by atoms with Crippen molar-refractivity contribution in [2.45, 2.75) is 6.92 Å². The molecule has 0 aromatic heterocycles. The van der Waals surface area contributed by atoms with E-state index in [1.54, 1.807) is 25.3 Å². The highest BCUT2D eigenvalue weighted by Gasteiger charge is 2.13. The van der Waals surface area contributed by atoms with Crippen molar-refractivity contribution >= 4 is 17.1 Å². The van der Waals surface area contributed by atoms with Gasteiger partial charge in [0.25, 0.3) is 5.69 Å². The number of nitro groups is 1. The Bertz CT molecular complexity index is 611. The first kappa shape index (κ1) is 12.9. The largest absolute Gasteiger partial charge is 0.497 e. The van der Waals surface area contributed by atoms with E-state index >= 15 is 0 Å². The highest BCUT2D eigenvalue weighted by molar-refractivity contribution is 5.71. The van der Waals surface area contributed by atoms with E-state index in [4.69, 9.17) is 4.74 Å². The van der Waals surface area contributed by atoms with E-state index in [1.165, 1.54) is 6.07 Å². The van der Waals surface area contributed by atoms with Crippen LogP contribution < -0.4 is 10.1 Å². The van der Waals surface area contributed by atoms with Crippen LogP contribution in [-0.4, -0.2) is 12.0 Å². The van der Waals surface area contributed by atoms with Crippen LogP contribution in [0.1, 0.15) is 5.56 Å². The van der Waals surface area contributed by atoms with E-state index in [1.807, 2.05) is 25.1 Å². The van der Waals surface area contributed by atoms with Gasteiger partial charge in [0.1, 0.15) is 11.4 Å². The summed E-state index contributed by atoms with van der Waals surface area (Å²) >= 11 is 0. The summed E-state index contributed by atoms with van der Waals surface area (Å²) in [6.45, 7) is 1.92. The molecule has 0 radical (unpaired) electrons. The monoisotopic (exact) mass is 258 g/mol. The topological polar surface area (TPSA) is 64.4 Å². The third-order valence-corrected chi connectivity index (χ3v) is 2.80. The van der Waals surface area contributed by atoms with Crippen molar-refractivity contribution in [1.82, 2.24) is 0 Å². The molecule has 98 valence electrons. The molecule has 0 atom stereocenters. The van der Waals surface area contributed by atoms with Crippen LogP contribution in [0.2, 0.25) is 0 Å². The lowest BCUT2D eigenvalue weighted by Gasteiger charge is -2.11. The van der Waals surface area contributed by atoms with Crippen molar-refractivity contribution < 1.29 is 9.66 Å². The Labute approximate surface area is 111 Å². The van der Waals surface area contributed by atoms with Crippen molar-refractivity contribution in [3.63, 3.8) is 0 Å². The summed E-state index contributed by atoms with van der Waals surface area (Å²) in [5.74, 6) is 0.755. The standard InChI is InChI=1S/C14H14N2O3/c1-10-9-11(19-2)7-8-12(10)15-13-5-3-4-6-14(13)16(17)18/h3-9,15H,1-2H3. The molecule has 2 aromatic carbocycles. The zero-order chi connectivity index (χ0) is 13.8. The van der Waals surface area contributed by atoms with Crippen molar-refractivity contribution in [1.29, 1.82) is 0 Å². The first-order valence-electron chi connectivity index (χ1n) is 5.77. The van der Waals surface area contributed by atoms with E-state index in [9.17, 15) is 10.1 Å². The second-order valence-corrected chi connectivity index (χ2v) is 4.08. The van der Waals surface area contributed by atoms with Gasteiger partial charge in [0, 0.05) is 11.8 Å². The summed E-state index contributed by atoms with van der Waals surface area (Å²) in [6.07, 6.45) is 0. The lowest BCUT2D eigenvalue weighted by Crippen LogP contribution is -1.98. The highest BCUT2D eigenvalue weighted by atomic mass is 16.6. The molecule has 0 unspecified atom stereocenters. The molecule has 0 aliphatic rings. The number of nitrogens with zero attached hydrogens (tertiary/aromatic N) is 1. The quantitative estimate of drug-likeness (QED) is 0.671. The maximum Gasteiger partial charge on any atom is 0.292 e. The van der Waals surface area contributed by atoms with Crippen molar-refractivity contribution in [2.24, 2.45) is 0 Å². The van der Waals surface area contributed by atoms with Crippen LogP contribution in [0.4, 0.5) is 17.1 Å². The van der Waals surface area contributed by atoms with Gasteiger partial charge in [0.15, 0.2) is 0 Å². The molecule has 0 amide bonds. The number of methoxy groups -OCH3 is 1. The summed E-state index contributed by atoms with van der Waals surface area (Å²) < 4.78 is 5.13. The lowest BCUT2D eigenvalue weighted by atomic mass is 10.1. The van der Waals surface area contributed by atoms with Crippen molar-refractivity contribution in [2.75, 3.05) is 12.4 Å². The first-order valence-corrected chi connectivity index (χ1v) is 5.77. The minimum absolute atomic E-state index is 0.0534. The number of anilines is 2. The minimum Gasteiger partial charge on any atom is -0.497 e. The summed E-state index contributed by atoms with van der Waals surface area (Å²) in [5, 5.41) is 14.0. The number of ether oxygens (including phenoxy) is 1. The van der Waals surface area contributed by atoms with Gasteiger partial charge in [-0.25, -0.2) is 0 Å². The Balaban J connectivity index is 2.34. The second-order valence-electron chi connectivity index (χ2n) is 4.08. The van der Waals surface area contributed by atoms with Crippen LogP contribution in [0, 0.1) is 17.0 Å². The fourth-order valence-electron chi connectivity index (χ4n) is 1.79. The lowest BCUT2D eigenvalue weighted by molar-refractivity contribution is -0.383. The van der Waals surface area contributed by atoms with Gasteiger partial charge in [0.2, 0.25) is 0 Å². The van der Waals surface area contributed by atoms with Gasteiger partial charge >= 0.3 is 0 Å². The SMILES string of the molecule is COc1ccc(Nc2ccccc2[N+](=O)[O-])c(C)c1. The van der Waals surface area contributed by atoms with Crippen molar-refractivity contribution in [3.05, 3.63) is 58.1 Å². The van der Waals surface area contributed by atoms with Crippen LogP contribution in [0.5, 0.6) is 5.75 Å². The normalized spacial score (nSPS) is 10.0. The Hall–Kier alpha value is -2.56. The maximum atomic E-state index is 10.9. The molecule has 0 aliphatic carbocycles. The van der Waals surface area contributed by atoms with Gasteiger partial charge in [0.05, 0.1) is 12.0 Å². The average Bonchev–Trinajstić information content (AvgIpc) is 2.41. The summed E-state index contributed by atoms with van der Waals surface area (Å²) in [4.78, 5) is 10.5. The highest BCUT2D eigenvalue weighted by Crippen LogP contribution is 2.29. The second kappa shape index (κ2) is 5.39. The predicted octanol–water partition coefficient (Wildman–Crippen LogP) is 3.66. The van der Waals surface area contributed by atoms with Crippen LogP contribution in [0.15, 0.2) is 42.5 Å². The molecule has 1 N–H and O–H groups in total. The third-order valence-electron chi connectivity index (χ3n) is 2.80. The molecule has 0 aliphatic heterocycles. The molecular weight excluding hydrogens is 244 g/mol. The Morgan fingerprint density at radius 3 is 2.53 bits per heavy atom. The van der Waals surface area contributed by atoms with Gasteiger partial charge in [-0.15, -0.1) is 0 Å². The minimum atomic E-state index is -0.402. The number of aryl methyl sites for hydroxylation is 1. The number of para-hydroxylation sites is 2. The third kappa shape index (κ3) is 2.82. The van der Waals surface area contributed by atoms with E-state index in [0.29, 0.717) is 5.69 Å². The van der Waals surface area contributed by atoms with Gasteiger partial charge in [-0.05, 0) is 36.8 Å². The first-order chi connectivity index (χ1) is 9.11. The fourth-order valence-corrected chi connectivity index (χ4v) is 1.79. The van der Waals surface area contributed by atoms with Crippen molar-refractivity contribution in [3.8, 4) is 5.75 Å².